The van der Waals surface area contributed by atoms with Gasteiger partial charge in [-0.05, 0) is 57.0 Å². The number of Topliss-reactive ketones (excluding diaryl/α,β-unsaturated/α-hetero) is 2. The molecule has 33 heavy (non-hydrogen) atoms. The number of methoxy groups -OCH3 is 1. The summed E-state index contributed by atoms with van der Waals surface area (Å²) < 4.78 is 5.49. The van der Waals surface area contributed by atoms with Crippen LogP contribution in [0.5, 0.6) is 11.5 Å². The third-order valence-corrected chi connectivity index (χ3v) is 5.86. The zero-order valence-electron chi connectivity index (χ0n) is 19.4. The Morgan fingerprint density at radius 2 is 1.58 bits per heavy atom. The molecule has 1 heterocycles. The molecule has 1 aliphatic heterocycles. The van der Waals surface area contributed by atoms with Crippen LogP contribution in [0.15, 0.2) is 60.7 Å². The average Bonchev–Trinajstić information content (AvgIpc) is 2.77. The number of phenolic OH excluding ortho intramolecular Hbond substituents is 1. The molecule has 0 unspecified atom stereocenters. The first kappa shape index (κ1) is 22.3. The van der Waals surface area contributed by atoms with E-state index in [0.717, 1.165) is 16.8 Å². The van der Waals surface area contributed by atoms with Crippen molar-refractivity contribution >= 4 is 22.8 Å². The molecule has 0 bridgehead atoms. The van der Waals surface area contributed by atoms with Gasteiger partial charge in [-0.2, -0.15) is 0 Å². The van der Waals surface area contributed by atoms with Gasteiger partial charge in [-0.25, -0.2) is 0 Å². The lowest BCUT2D eigenvalue weighted by atomic mass is 9.82. The first-order chi connectivity index (χ1) is 15.6. The number of phenols is 1. The van der Waals surface area contributed by atoms with Gasteiger partial charge in [0.1, 0.15) is 11.5 Å². The van der Waals surface area contributed by atoms with Crippen LogP contribution in [-0.2, 0) is 0 Å². The van der Waals surface area contributed by atoms with Crippen molar-refractivity contribution in [1.29, 1.82) is 0 Å². The third kappa shape index (κ3) is 4.14. The molecule has 0 aliphatic carbocycles. The number of aromatic hydroxyl groups is 1. The van der Waals surface area contributed by atoms with Crippen LogP contribution >= 0.6 is 0 Å². The number of carbonyl (C=O) groups is 2. The van der Waals surface area contributed by atoms with Crippen molar-refractivity contribution in [3.63, 3.8) is 0 Å². The van der Waals surface area contributed by atoms with E-state index in [9.17, 15) is 14.7 Å². The SMILES string of the molecule is COc1cc(O)ccc1-c1ccc2c(c1C(=O)C(=O)c1ccc(C)cc1)C(C)=CC(C)(C)N2. The maximum atomic E-state index is 13.8. The molecule has 2 N–H and O–H groups in total. The zero-order valence-corrected chi connectivity index (χ0v) is 19.4. The molecule has 0 aromatic heterocycles. The van der Waals surface area contributed by atoms with E-state index in [1.54, 1.807) is 18.2 Å². The molecule has 5 nitrogen and oxygen atoms in total. The average molecular weight is 442 g/mol. The third-order valence-electron chi connectivity index (χ3n) is 5.86. The Kier molecular flexibility index (Phi) is 5.58. The Hall–Kier alpha value is -3.86. The quantitative estimate of drug-likeness (QED) is 0.372. The number of allylic oxidation sites excluding steroid dienone is 1. The summed E-state index contributed by atoms with van der Waals surface area (Å²) in [5.74, 6) is -0.690. The second-order valence-corrected chi connectivity index (χ2v) is 8.99. The minimum atomic E-state index is -0.588. The molecule has 5 heteroatoms. The standard InChI is InChI=1S/C28H27NO4/c1-16-6-8-18(9-7-16)26(31)27(32)25-21(20-11-10-19(30)14-23(20)33-5)12-13-22-24(25)17(2)15-28(3,4)29-22/h6-15,29-30H,1-5H3. The van der Waals surface area contributed by atoms with Crippen molar-refractivity contribution in [3.8, 4) is 22.6 Å². The topological polar surface area (TPSA) is 75.6 Å². The van der Waals surface area contributed by atoms with Crippen LogP contribution in [0.1, 0.15) is 52.6 Å². The van der Waals surface area contributed by atoms with E-state index in [0.29, 0.717) is 33.6 Å². The smallest absolute Gasteiger partial charge is 0.234 e. The van der Waals surface area contributed by atoms with Gasteiger partial charge in [0.2, 0.25) is 11.6 Å². The van der Waals surface area contributed by atoms with Crippen molar-refractivity contribution in [2.75, 3.05) is 12.4 Å². The number of nitrogens with one attached hydrogen (secondary N) is 1. The van der Waals surface area contributed by atoms with E-state index in [1.807, 2.05) is 38.1 Å². The van der Waals surface area contributed by atoms with Crippen LogP contribution in [0.3, 0.4) is 0 Å². The molecule has 4 rings (SSSR count). The van der Waals surface area contributed by atoms with E-state index in [2.05, 4.69) is 25.2 Å². The van der Waals surface area contributed by atoms with Crippen LogP contribution in [-0.4, -0.2) is 29.3 Å². The first-order valence-corrected chi connectivity index (χ1v) is 10.8. The highest BCUT2D eigenvalue weighted by Gasteiger charge is 2.32. The number of benzene rings is 3. The van der Waals surface area contributed by atoms with Crippen molar-refractivity contribution < 1.29 is 19.4 Å². The van der Waals surface area contributed by atoms with Crippen molar-refractivity contribution in [2.24, 2.45) is 0 Å². The molecular weight excluding hydrogens is 414 g/mol. The normalized spacial score (nSPS) is 14.0. The summed E-state index contributed by atoms with van der Waals surface area (Å²) in [6.07, 6.45) is 2.06. The highest BCUT2D eigenvalue weighted by Crippen LogP contribution is 2.43. The Morgan fingerprint density at radius 1 is 0.909 bits per heavy atom. The molecule has 0 atom stereocenters. The zero-order chi connectivity index (χ0) is 23.9. The number of aryl methyl sites for hydroxylation is 1. The highest BCUT2D eigenvalue weighted by molar-refractivity contribution is 6.51. The molecule has 1 aliphatic rings. The summed E-state index contributed by atoms with van der Waals surface area (Å²) in [4.78, 5) is 27.1. The lowest BCUT2D eigenvalue weighted by molar-refractivity contribution is 0.0817. The number of carbonyl (C=O) groups excluding carboxylic acids is 2. The van der Waals surface area contributed by atoms with Gasteiger partial charge in [0, 0.05) is 34.0 Å². The minimum absolute atomic E-state index is 0.0525. The predicted octanol–water partition coefficient (Wildman–Crippen LogP) is 6.05. The molecule has 3 aromatic rings. The van der Waals surface area contributed by atoms with Crippen molar-refractivity contribution in [2.45, 2.75) is 33.2 Å². The summed E-state index contributed by atoms with van der Waals surface area (Å²) in [6, 6.07) is 15.5. The second kappa shape index (κ2) is 8.24. The predicted molar refractivity (Wildman–Crippen MR) is 131 cm³/mol. The van der Waals surface area contributed by atoms with E-state index >= 15 is 0 Å². The molecular formula is C28H27NO4. The monoisotopic (exact) mass is 441 g/mol. The summed E-state index contributed by atoms with van der Waals surface area (Å²) in [5.41, 5.74) is 4.98. The second-order valence-electron chi connectivity index (χ2n) is 8.99. The summed E-state index contributed by atoms with van der Waals surface area (Å²) in [6.45, 7) is 7.98. The van der Waals surface area contributed by atoms with Gasteiger partial charge in [0.25, 0.3) is 0 Å². The first-order valence-electron chi connectivity index (χ1n) is 10.8. The molecule has 0 amide bonds. The van der Waals surface area contributed by atoms with Crippen molar-refractivity contribution in [1.82, 2.24) is 0 Å². The Bertz CT molecular complexity index is 1300. The molecule has 3 aromatic carbocycles. The van der Waals surface area contributed by atoms with Gasteiger partial charge in [0.05, 0.1) is 12.6 Å². The number of anilines is 1. The summed E-state index contributed by atoms with van der Waals surface area (Å²) >= 11 is 0. The number of ether oxygens (including phenoxy) is 1. The van der Waals surface area contributed by atoms with Gasteiger partial charge in [-0.3, -0.25) is 9.59 Å². The van der Waals surface area contributed by atoms with Gasteiger partial charge in [0.15, 0.2) is 0 Å². The number of hydrogen-bond acceptors (Lipinski definition) is 5. The summed E-state index contributed by atoms with van der Waals surface area (Å²) in [7, 11) is 1.50. The van der Waals surface area contributed by atoms with E-state index < -0.39 is 11.6 Å². The van der Waals surface area contributed by atoms with E-state index in [1.165, 1.54) is 19.2 Å². The molecule has 0 saturated carbocycles. The Morgan fingerprint density at radius 3 is 2.24 bits per heavy atom. The highest BCUT2D eigenvalue weighted by atomic mass is 16.5. The Balaban J connectivity index is 1.98. The lowest BCUT2D eigenvalue weighted by Gasteiger charge is -2.33. The number of rotatable bonds is 5. The van der Waals surface area contributed by atoms with Gasteiger partial charge in [-0.15, -0.1) is 0 Å². The maximum Gasteiger partial charge on any atom is 0.234 e. The largest absolute Gasteiger partial charge is 0.508 e. The van der Waals surface area contributed by atoms with Crippen molar-refractivity contribution in [3.05, 3.63) is 82.9 Å². The van der Waals surface area contributed by atoms with Crippen LogP contribution in [0, 0.1) is 6.92 Å². The van der Waals surface area contributed by atoms with E-state index in [4.69, 9.17) is 4.74 Å². The van der Waals surface area contributed by atoms with Gasteiger partial charge < -0.3 is 15.2 Å². The van der Waals surface area contributed by atoms with E-state index in [-0.39, 0.29) is 11.3 Å². The molecule has 168 valence electrons. The lowest BCUT2D eigenvalue weighted by Crippen LogP contribution is -2.32. The van der Waals surface area contributed by atoms with Crippen LogP contribution in [0.2, 0.25) is 0 Å². The van der Waals surface area contributed by atoms with Gasteiger partial charge in [-0.1, -0.05) is 42.0 Å². The number of fused-ring (bicyclic) bond motifs is 1. The fraction of sp³-hybridized carbons (Fsp3) is 0.214. The van der Waals surface area contributed by atoms with Crippen LogP contribution in [0.4, 0.5) is 5.69 Å². The summed E-state index contributed by atoms with van der Waals surface area (Å²) in [5, 5.41) is 13.4. The van der Waals surface area contributed by atoms with Gasteiger partial charge >= 0.3 is 0 Å². The Labute approximate surface area is 193 Å². The fourth-order valence-corrected chi connectivity index (χ4v) is 4.43. The number of hydrogen-bond donors (Lipinski definition) is 2. The number of ketones is 2. The molecule has 0 spiro atoms. The fourth-order valence-electron chi connectivity index (χ4n) is 4.43. The van der Waals surface area contributed by atoms with Crippen LogP contribution in [0.25, 0.3) is 16.7 Å². The maximum absolute atomic E-state index is 13.8. The molecule has 0 fully saturated rings. The van der Waals surface area contributed by atoms with Crippen LogP contribution < -0.4 is 10.1 Å². The molecule has 0 radical (unpaired) electrons. The minimum Gasteiger partial charge on any atom is -0.508 e. The molecule has 0 saturated heterocycles.